The van der Waals surface area contributed by atoms with Crippen molar-refractivity contribution in [2.75, 3.05) is 6.61 Å². The third kappa shape index (κ3) is 2.95. The monoisotopic (exact) mass is 264 g/mol. The molecule has 19 heavy (non-hydrogen) atoms. The molecule has 3 unspecified atom stereocenters. The molecule has 0 aromatic rings. The van der Waals surface area contributed by atoms with Crippen molar-refractivity contribution in [2.45, 2.75) is 39.2 Å². The summed E-state index contributed by atoms with van der Waals surface area (Å²) >= 11 is 0. The first kappa shape index (κ1) is 14.0. The van der Waals surface area contributed by atoms with E-state index in [1.54, 1.807) is 6.92 Å². The maximum atomic E-state index is 12.3. The van der Waals surface area contributed by atoms with Gasteiger partial charge in [-0.15, -0.1) is 0 Å². The molecular formula is C15H20O4. The Hall–Kier alpha value is -1.42. The van der Waals surface area contributed by atoms with Gasteiger partial charge in [-0.05, 0) is 31.4 Å². The van der Waals surface area contributed by atoms with Gasteiger partial charge in [0.2, 0.25) is 0 Å². The lowest BCUT2D eigenvalue weighted by Crippen LogP contribution is -2.28. The Morgan fingerprint density at radius 1 is 1.42 bits per heavy atom. The number of hydrogen-bond donors (Lipinski definition) is 1. The molecular weight excluding hydrogens is 244 g/mol. The lowest BCUT2D eigenvalue weighted by atomic mass is 9.83. The zero-order valence-electron chi connectivity index (χ0n) is 11.4. The van der Waals surface area contributed by atoms with Gasteiger partial charge in [0.25, 0.3) is 0 Å². The maximum Gasteiger partial charge on any atom is 0.310 e. The fourth-order valence-corrected chi connectivity index (χ4v) is 2.75. The molecule has 1 aliphatic carbocycles. The average molecular weight is 264 g/mol. The van der Waals surface area contributed by atoms with E-state index < -0.39 is 17.9 Å². The van der Waals surface area contributed by atoms with Crippen LogP contribution in [-0.4, -0.2) is 29.6 Å². The minimum atomic E-state index is -0.437. The van der Waals surface area contributed by atoms with Crippen molar-refractivity contribution in [1.82, 2.24) is 0 Å². The van der Waals surface area contributed by atoms with Gasteiger partial charge < -0.3 is 9.84 Å². The van der Waals surface area contributed by atoms with Crippen molar-refractivity contribution < 1.29 is 19.4 Å². The van der Waals surface area contributed by atoms with Gasteiger partial charge in [-0.3, -0.25) is 9.59 Å². The quantitative estimate of drug-likeness (QED) is 0.579. The van der Waals surface area contributed by atoms with E-state index in [1.165, 1.54) is 0 Å². The van der Waals surface area contributed by atoms with Gasteiger partial charge in [-0.1, -0.05) is 18.6 Å². The fraction of sp³-hybridized carbons (Fsp3) is 0.600. The molecule has 0 amide bonds. The van der Waals surface area contributed by atoms with Crippen LogP contribution < -0.4 is 0 Å². The van der Waals surface area contributed by atoms with E-state index in [-0.39, 0.29) is 24.8 Å². The molecule has 1 heterocycles. The largest absolute Gasteiger partial charge is 0.457 e. The molecule has 0 spiro atoms. The normalized spacial score (nSPS) is 32.3. The summed E-state index contributed by atoms with van der Waals surface area (Å²) in [5.74, 6) is -1.15. The lowest BCUT2D eigenvalue weighted by molar-refractivity contribution is -0.142. The second kappa shape index (κ2) is 5.70. The van der Waals surface area contributed by atoms with Gasteiger partial charge in [-0.25, -0.2) is 0 Å². The molecule has 0 saturated carbocycles. The molecule has 4 heteroatoms. The first-order valence-electron chi connectivity index (χ1n) is 6.72. The highest BCUT2D eigenvalue weighted by atomic mass is 16.6. The van der Waals surface area contributed by atoms with E-state index in [2.05, 4.69) is 0 Å². The lowest BCUT2D eigenvalue weighted by Gasteiger charge is -2.18. The number of carbonyl (C=O) groups is 2. The van der Waals surface area contributed by atoms with Crippen LogP contribution in [0.3, 0.4) is 0 Å². The number of rotatable bonds is 1. The molecule has 1 aliphatic heterocycles. The number of aliphatic hydroxyl groups is 1. The van der Waals surface area contributed by atoms with Crippen LogP contribution in [0.5, 0.6) is 0 Å². The molecule has 3 atom stereocenters. The first-order chi connectivity index (χ1) is 9.02. The van der Waals surface area contributed by atoms with Crippen LogP contribution in [0, 0.1) is 11.8 Å². The number of ether oxygens (including phenoxy) is 1. The van der Waals surface area contributed by atoms with Crippen LogP contribution >= 0.6 is 0 Å². The Labute approximate surface area is 113 Å². The minimum absolute atomic E-state index is 0.0189. The van der Waals surface area contributed by atoms with E-state index in [1.807, 2.05) is 19.1 Å². The molecule has 0 bridgehead atoms. The Bertz CT molecular complexity index is 447. The van der Waals surface area contributed by atoms with Crippen molar-refractivity contribution in [3.63, 3.8) is 0 Å². The highest BCUT2D eigenvalue weighted by Crippen LogP contribution is 2.33. The Morgan fingerprint density at radius 2 is 2.16 bits per heavy atom. The minimum Gasteiger partial charge on any atom is -0.457 e. The standard InChI is InChI=1S/C15H20O4/c1-9-4-3-5-11(8-16)7-12(17)14-10(2)15(18)19-13(14)6-9/h5-6,10,13-14,16H,3-4,7-8H2,1-2H3. The van der Waals surface area contributed by atoms with Gasteiger partial charge in [0.05, 0.1) is 18.4 Å². The van der Waals surface area contributed by atoms with Crippen LogP contribution in [0.1, 0.15) is 33.1 Å². The second-order valence-corrected chi connectivity index (χ2v) is 5.43. The third-order valence-electron chi connectivity index (χ3n) is 3.91. The second-order valence-electron chi connectivity index (χ2n) is 5.43. The number of allylic oxidation sites excluding steroid dienone is 2. The topological polar surface area (TPSA) is 63.6 Å². The number of ketones is 1. The summed E-state index contributed by atoms with van der Waals surface area (Å²) < 4.78 is 5.30. The summed E-state index contributed by atoms with van der Waals surface area (Å²) in [5.41, 5.74) is 1.85. The van der Waals surface area contributed by atoms with Crippen LogP contribution in [0.25, 0.3) is 0 Å². The summed E-state index contributed by atoms with van der Waals surface area (Å²) in [6.45, 7) is 3.61. The van der Waals surface area contributed by atoms with Crippen LogP contribution in [-0.2, 0) is 14.3 Å². The van der Waals surface area contributed by atoms with Gasteiger partial charge in [-0.2, -0.15) is 0 Å². The zero-order chi connectivity index (χ0) is 14.0. The number of hydrogen-bond acceptors (Lipinski definition) is 4. The van der Waals surface area contributed by atoms with Crippen molar-refractivity contribution >= 4 is 11.8 Å². The van der Waals surface area contributed by atoms with Crippen LogP contribution in [0.4, 0.5) is 0 Å². The smallest absolute Gasteiger partial charge is 0.310 e. The summed E-state index contributed by atoms with van der Waals surface area (Å²) in [4.78, 5) is 24.0. The number of carbonyl (C=O) groups excluding carboxylic acids is 2. The summed E-state index contributed by atoms with van der Waals surface area (Å²) in [6, 6.07) is 0. The number of Topliss-reactive ketones (excluding diaryl/α,β-unsaturated/α-hetero) is 1. The molecule has 2 aliphatic rings. The van der Waals surface area contributed by atoms with Gasteiger partial charge >= 0.3 is 5.97 Å². The summed E-state index contributed by atoms with van der Waals surface area (Å²) in [7, 11) is 0. The molecule has 2 rings (SSSR count). The predicted octanol–water partition coefficient (Wildman–Crippen LogP) is 1.78. The van der Waals surface area contributed by atoms with Crippen molar-refractivity contribution in [2.24, 2.45) is 11.8 Å². The Balaban J connectivity index is 2.32. The molecule has 0 aromatic heterocycles. The first-order valence-corrected chi connectivity index (χ1v) is 6.72. The van der Waals surface area contributed by atoms with E-state index in [0.29, 0.717) is 0 Å². The molecule has 4 nitrogen and oxygen atoms in total. The number of esters is 1. The highest BCUT2D eigenvalue weighted by molar-refractivity contribution is 5.91. The fourth-order valence-electron chi connectivity index (χ4n) is 2.75. The van der Waals surface area contributed by atoms with E-state index >= 15 is 0 Å². The zero-order valence-corrected chi connectivity index (χ0v) is 11.4. The molecule has 1 fully saturated rings. The molecule has 104 valence electrons. The average Bonchev–Trinajstić information content (AvgIpc) is 2.63. The van der Waals surface area contributed by atoms with E-state index in [9.17, 15) is 14.7 Å². The van der Waals surface area contributed by atoms with Crippen LogP contribution in [0.15, 0.2) is 23.3 Å². The maximum absolute atomic E-state index is 12.3. The van der Waals surface area contributed by atoms with Crippen molar-refractivity contribution in [3.05, 3.63) is 23.3 Å². The molecule has 0 aromatic carbocycles. The van der Waals surface area contributed by atoms with Gasteiger partial charge in [0.15, 0.2) is 0 Å². The van der Waals surface area contributed by atoms with Crippen LogP contribution in [0.2, 0.25) is 0 Å². The number of fused-ring (bicyclic) bond motifs is 1. The third-order valence-corrected chi connectivity index (χ3v) is 3.91. The molecule has 1 N–H and O–H groups in total. The summed E-state index contributed by atoms with van der Waals surface area (Å²) in [5, 5.41) is 9.28. The molecule has 1 saturated heterocycles. The Morgan fingerprint density at radius 3 is 2.84 bits per heavy atom. The predicted molar refractivity (Wildman–Crippen MR) is 70.3 cm³/mol. The Kier molecular flexibility index (Phi) is 4.20. The van der Waals surface area contributed by atoms with Gasteiger partial charge in [0, 0.05) is 6.42 Å². The highest BCUT2D eigenvalue weighted by Gasteiger charge is 2.44. The van der Waals surface area contributed by atoms with Crippen molar-refractivity contribution in [1.29, 1.82) is 0 Å². The molecule has 0 radical (unpaired) electrons. The SMILES string of the molecule is CC1=CC2OC(=O)C(C)C2C(=O)CC(CO)=CCC1. The summed E-state index contributed by atoms with van der Waals surface area (Å²) in [6.07, 6.45) is 5.26. The number of aliphatic hydroxyl groups excluding tert-OH is 1. The van der Waals surface area contributed by atoms with E-state index in [0.717, 1.165) is 24.0 Å². The van der Waals surface area contributed by atoms with Crippen molar-refractivity contribution in [3.8, 4) is 0 Å². The van der Waals surface area contributed by atoms with Gasteiger partial charge in [0.1, 0.15) is 11.9 Å². The van der Waals surface area contributed by atoms with E-state index in [4.69, 9.17) is 4.74 Å².